The van der Waals surface area contributed by atoms with Gasteiger partial charge >= 0.3 is 16.2 Å². The van der Waals surface area contributed by atoms with Crippen LogP contribution in [0.3, 0.4) is 0 Å². The molecule has 16 heteroatoms. The molecule has 0 spiro atoms. The molecule has 0 aliphatic carbocycles. The van der Waals surface area contributed by atoms with E-state index in [0.717, 1.165) is 9.36 Å². The Morgan fingerprint density at radius 1 is 0.614 bits per heavy atom. The fourth-order valence-electron chi connectivity index (χ4n) is 3.74. The number of halogens is 4. The van der Waals surface area contributed by atoms with Crippen LogP contribution in [0.2, 0.25) is 20.1 Å². The van der Waals surface area contributed by atoms with Gasteiger partial charge in [0.1, 0.15) is 4.91 Å². The average Bonchev–Trinajstić information content (AvgIpc) is 3.00. The second-order valence-electron chi connectivity index (χ2n) is 9.02. The van der Waals surface area contributed by atoms with Gasteiger partial charge in [-0.05, 0) is 62.1 Å². The molecule has 0 amide bonds. The molecule has 0 fully saturated rings. The molecule has 0 saturated carbocycles. The summed E-state index contributed by atoms with van der Waals surface area (Å²) in [4.78, 5) is 47.2. The van der Waals surface area contributed by atoms with Gasteiger partial charge in [0.2, 0.25) is 0 Å². The Bertz CT molecular complexity index is 1590. The molecule has 4 aromatic rings. The molecule has 0 saturated heterocycles. The van der Waals surface area contributed by atoms with Gasteiger partial charge in [-0.3, -0.25) is 9.59 Å². The second kappa shape index (κ2) is 16.3. The molecule has 0 aliphatic heterocycles. The van der Waals surface area contributed by atoms with Crippen LogP contribution in [-0.4, -0.2) is 51.1 Å². The number of nitrogens with zero attached hydrogens (tertiary/aromatic N) is 5. The number of ether oxygens (including phenoxy) is 2. The fourth-order valence-corrected chi connectivity index (χ4v) is 4.47. The van der Waals surface area contributed by atoms with Crippen molar-refractivity contribution < 1.29 is 24.2 Å². The third kappa shape index (κ3) is 9.08. The Balaban J connectivity index is 1.10. The van der Waals surface area contributed by atoms with Gasteiger partial charge in [-0.25, -0.2) is 0 Å². The first-order valence-corrected chi connectivity index (χ1v) is 14.8. The van der Waals surface area contributed by atoms with E-state index >= 15 is 0 Å². The number of aromatic nitrogens is 4. The van der Waals surface area contributed by atoms with E-state index in [9.17, 15) is 14.5 Å². The van der Waals surface area contributed by atoms with Crippen molar-refractivity contribution >= 4 is 46.4 Å². The van der Waals surface area contributed by atoms with E-state index in [1.54, 1.807) is 24.3 Å². The van der Waals surface area contributed by atoms with Crippen molar-refractivity contribution in [3.05, 3.63) is 107 Å². The highest BCUT2D eigenvalue weighted by atomic mass is 35.5. The molecule has 2 heterocycles. The van der Waals surface area contributed by atoms with E-state index in [2.05, 4.69) is 10.2 Å². The summed E-state index contributed by atoms with van der Waals surface area (Å²) < 4.78 is 13.4. The van der Waals surface area contributed by atoms with Crippen LogP contribution in [0.15, 0.2) is 70.5 Å². The molecule has 0 aliphatic rings. The van der Waals surface area contributed by atoms with E-state index in [-0.39, 0.29) is 43.0 Å². The summed E-state index contributed by atoms with van der Waals surface area (Å²) in [6, 6.07) is 12.3. The monoisotopic (exact) mass is 684 g/mol. The largest absolute Gasteiger partial charge is 0.488 e. The average molecular weight is 686 g/mol. The molecule has 0 bridgehead atoms. The Kier molecular flexibility index (Phi) is 12.2. The number of hydrogen-bond acceptors (Lipinski definition) is 9. The zero-order valence-electron chi connectivity index (χ0n) is 23.0. The molecule has 2 aromatic heterocycles. The maximum absolute atomic E-state index is 12.7. The molecule has 4 rings (SSSR count). The summed E-state index contributed by atoms with van der Waals surface area (Å²) in [5.74, 6) is 0.185. The van der Waals surface area contributed by atoms with Crippen LogP contribution >= 0.6 is 46.4 Å². The summed E-state index contributed by atoms with van der Waals surface area (Å²) in [7, 11) is 0. The fraction of sp³-hybridized carbons (Fsp3) is 0.286. The molecule has 0 unspecified atom stereocenters. The zero-order chi connectivity index (χ0) is 31.5. The van der Waals surface area contributed by atoms with E-state index in [1.807, 2.05) is 0 Å². The minimum Gasteiger partial charge on any atom is -0.488 e. The Labute approximate surface area is 271 Å². The lowest BCUT2D eigenvalue weighted by Crippen LogP contribution is -2.23. The van der Waals surface area contributed by atoms with Gasteiger partial charge in [0, 0.05) is 22.2 Å². The highest BCUT2D eigenvalue weighted by Crippen LogP contribution is 2.24. The predicted octanol–water partition coefficient (Wildman–Crippen LogP) is 6.05. The summed E-state index contributed by atoms with van der Waals surface area (Å²) in [6.45, 7) is 0.583. The first kappa shape index (κ1) is 33.1. The maximum atomic E-state index is 12.7. The molecule has 0 N–H and O–H groups in total. The van der Waals surface area contributed by atoms with E-state index in [4.69, 9.17) is 65.6 Å². The van der Waals surface area contributed by atoms with E-state index in [1.165, 1.54) is 36.7 Å². The third-order valence-corrected chi connectivity index (χ3v) is 6.99. The van der Waals surface area contributed by atoms with Crippen molar-refractivity contribution in [3.8, 4) is 22.9 Å². The van der Waals surface area contributed by atoms with Crippen LogP contribution in [0.5, 0.6) is 11.5 Å². The van der Waals surface area contributed by atoms with E-state index < -0.39 is 11.1 Å². The van der Waals surface area contributed by atoms with Gasteiger partial charge in [-0.2, -0.15) is 29.2 Å². The maximum Gasteiger partial charge on any atom is 0.477 e. The highest BCUT2D eigenvalue weighted by molar-refractivity contribution is 6.35. The van der Waals surface area contributed by atoms with Gasteiger partial charge in [0.05, 0.1) is 47.0 Å². The van der Waals surface area contributed by atoms with Crippen LogP contribution in [0.4, 0.5) is 0 Å². The minimum absolute atomic E-state index is 0.0498. The lowest BCUT2D eigenvalue weighted by atomic mass is 10.3. The summed E-state index contributed by atoms with van der Waals surface area (Å²) >= 11 is 24.4. The molecular formula is C28H26Cl4N5O7+. The summed E-state index contributed by atoms with van der Waals surface area (Å²) in [5, 5.41) is 9.57. The van der Waals surface area contributed by atoms with Crippen LogP contribution < -0.4 is 20.6 Å². The standard InChI is InChI=1S/C28H26Cl4N5O7/c29-19-5-7-21(31)23(17-19)35-27(38)25(9-11-33-35)41-13-1-3-15-43-37(40)44-16-4-2-14-42-26-10-12-34-36(28(26)39)24-18-20(30)6-8-22(24)32/h5-12,17-18H,1-4,13-16H2/q+1. The van der Waals surface area contributed by atoms with Crippen molar-refractivity contribution in [3.63, 3.8) is 0 Å². The van der Waals surface area contributed by atoms with Crippen molar-refractivity contribution in [1.29, 1.82) is 0 Å². The zero-order valence-corrected chi connectivity index (χ0v) is 26.1. The van der Waals surface area contributed by atoms with E-state index in [0.29, 0.717) is 57.1 Å². The number of rotatable bonds is 16. The van der Waals surface area contributed by atoms with Gasteiger partial charge in [-0.1, -0.05) is 46.4 Å². The molecule has 12 nitrogen and oxygen atoms in total. The first-order valence-electron chi connectivity index (χ1n) is 13.3. The van der Waals surface area contributed by atoms with Crippen LogP contribution in [0.1, 0.15) is 25.7 Å². The van der Waals surface area contributed by atoms with Crippen molar-refractivity contribution in [2.75, 3.05) is 26.4 Å². The quantitative estimate of drug-likeness (QED) is 0.102. The Morgan fingerprint density at radius 2 is 1.02 bits per heavy atom. The molecule has 44 heavy (non-hydrogen) atoms. The van der Waals surface area contributed by atoms with Crippen molar-refractivity contribution in [2.45, 2.75) is 25.7 Å². The van der Waals surface area contributed by atoms with Gasteiger partial charge < -0.3 is 9.47 Å². The third-order valence-electron chi connectivity index (χ3n) is 5.88. The van der Waals surface area contributed by atoms with Crippen LogP contribution in [-0.2, 0) is 9.68 Å². The topological polar surface area (TPSA) is 127 Å². The predicted molar refractivity (Wildman–Crippen MR) is 165 cm³/mol. The number of benzene rings is 2. The first-order chi connectivity index (χ1) is 21.2. The Hall–Kier alpha value is -3.84. The van der Waals surface area contributed by atoms with Gasteiger partial charge in [-0.15, -0.1) is 0 Å². The summed E-state index contributed by atoms with van der Waals surface area (Å²) in [6.07, 6.45) is 4.79. The minimum atomic E-state index is -0.488. The highest BCUT2D eigenvalue weighted by Gasteiger charge is 2.14. The van der Waals surface area contributed by atoms with Crippen LogP contribution in [0, 0.1) is 4.91 Å². The molecule has 2 aromatic carbocycles. The van der Waals surface area contributed by atoms with Crippen molar-refractivity contribution in [2.24, 2.45) is 0 Å². The Morgan fingerprint density at radius 3 is 1.45 bits per heavy atom. The smallest absolute Gasteiger partial charge is 0.477 e. The lowest BCUT2D eigenvalue weighted by molar-refractivity contribution is -0.981. The molecule has 232 valence electrons. The second-order valence-corrected chi connectivity index (χ2v) is 10.7. The van der Waals surface area contributed by atoms with Gasteiger partial charge in [0.15, 0.2) is 24.7 Å². The lowest BCUT2D eigenvalue weighted by Gasteiger charge is -2.10. The summed E-state index contributed by atoms with van der Waals surface area (Å²) in [5.41, 5.74) is -0.301. The SMILES string of the molecule is O=c1c(OCCCCO[N+](=O)OCCCCOc2ccnn(-c3cc(Cl)ccc3Cl)c2=O)ccnn1-c1cc(Cl)ccc1Cl. The molecule has 0 atom stereocenters. The number of unbranched alkanes of at least 4 members (excludes halogenated alkanes) is 2. The number of hydrogen-bond donors (Lipinski definition) is 0. The van der Waals surface area contributed by atoms with Crippen molar-refractivity contribution in [1.82, 2.24) is 19.6 Å². The van der Waals surface area contributed by atoms with Gasteiger partial charge in [0.25, 0.3) is 0 Å². The normalized spacial score (nSPS) is 10.8. The van der Waals surface area contributed by atoms with Crippen LogP contribution in [0.25, 0.3) is 11.4 Å². The molecule has 0 radical (unpaired) electrons. The molecular weight excluding hydrogens is 660 g/mol.